The standard InChI is InChI=1S/C23H19N5O5/c1-30-17-7-13-14(8-18(17)31-2)23(29)28(6-5-27-4-3-24-11-27)22-15-9-19-20(33-12-32-19)10-16(15)25-26-21(13)22/h3-4,7-11H,5-6,12H2,1-2H3. The number of ether oxygens (including phenoxy) is 4. The number of hydrogen-bond donors (Lipinski definition) is 0. The van der Waals surface area contributed by atoms with E-state index in [1.807, 2.05) is 16.8 Å². The molecule has 10 heteroatoms. The number of hydrogen-bond acceptors (Lipinski definition) is 8. The molecule has 0 spiro atoms. The maximum Gasteiger partial charge on any atom is 0.259 e. The minimum atomic E-state index is -0.162. The van der Waals surface area contributed by atoms with Crippen LogP contribution in [0.5, 0.6) is 23.0 Å². The van der Waals surface area contributed by atoms with Crippen molar-refractivity contribution >= 4 is 32.7 Å². The van der Waals surface area contributed by atoms with Crippen LogP contribution in [-0.4, -0.2) is 45.3 Å². The van der Waals surface area contributed by atoms with E-state index in [-0.39, 0.29) is 12.4 Å². The number of fused-ring (bicyclic) bond motifs is 6. The average molecular weight is 445 g/mol. The lowest BCUT2D eigenvalue weighted by atomic mass is 10.1. The van der Waals surface area contributed by atoms with Gasteiger partial charge in [0.2, 0.25) is 6.79 Å². The molecule has 33 heavy (non-hydrogen) atoms. The zero-order chi connectivity index (χ0) is 22.5. The predicted octanol–water partition coefficient (Wildman–Crippen LogP) is 2.74. The molecule has 166 valence electrons. The number of rotatable bonds is 5. The molecule has 6 rings (SSSR count). The molecule has 0 N–H and O–H groups in total. The second-order valence-corrected chi connectivity index (χ2v) is 7.63. The molecule has 0 radical (unpaired) electrons. The van der Waals surface area contributed by atoms with Crippen molar-refractivity contribution in [2.45, 2.75) is 13.1 Å². The SMILES string of the molecule is COc1cc2c(=O)n(CCn3ccnc3)c3c4cc5c(cc4nnc3c2cc1OC)OCO5. The number of nitrogens with zero attached hydrogens (tertiary/aromatic N) is 5. The molecule has 0 aliphatic carbocycles. The minimum Gasteiger partial charge on any atom is -0.493 e. The summed E-state index contributed by atoms with van der Waals surface area (Å²) in [6.07, 6.45) is 5.29. The molecule has 0 fully saturated rings. The van der Waals surface area contributed by atoms with Crippen LogP contribution in [0, 0.1) is 0 Å². The Kier molecular flexibility index (Phi) is 4.32. The van der Waals surface area contributed by atoms with Gasteiger partial charge in [0.15, 0.2) is 23.0 Å². The fraction of sp³-hybridized carbons (Fsp3) is 0.217. The lowest BCUT2D eigenvalue weighted by Crippen LogP contribution is -2.24. The molecule has 5 aromatic rings. The molecule has 0 unspecified atom stereocenters. The quantitative estimate of drug-likeness (QED) is 0.381. The van der Waals surface area contributed by atoms with Crippen molar-refractivity contribution in [2.75, 3.05) is 21.0 Å². The van der Waals surface area contributed by atoms with Crippen LogP contribution in [0.3, 0.4) is 0 Å². The Labute approximate surface area is 186 Å². The van der Waals surface area contributed by atoms with Crippen molar-refractivity contribution in [1.29, 1.82) is 0 Å². The van der Waals surface area contributed by atoms with Gasteiger partial charge in [0, 0.05) is 42.3 Å². The molecule has 0 saturated heterocycles. The van der Waals surface area contributed by atoms with Crippen LogP contribution in [0.4, 0.5) is 0 Å². The maximum absolute atomic E-state index is 13.8. The van der Waals surface area contributed by atoms with Crippen LogP contribution in [0.1, 0.15) is 0 Å². The van der Waals surface area contributed by atoms with E-state index in [2.05, 4.69) is 15.2 Å². The van der Waals surface area contributed by atoms with E-state index in [0.29, 0.717) is 63.4 Å². The summed E-state index contributed by atoms with van der Waals surface area (Å²) in [6.45, 7) is 1.11. The van der Waals surface area contributed by atoms with Crippen LogP contribution in [0.2, 0.25) is 0 Å². The number of methoxy groups -OCH3 is 2. The van der Waals surface area contributed by atoms with E-state index >= 15 is 0 Å². The van der Waals surface area contributed by atoms with Gasteiger partial charge in [-0.1, -0.05) is 0 Å². The largest absolute Gasteiger partial charge is 0.493 e. The van der Waals surface area contributed by atoms with Crippen molar-refractivity contribution in [3.63, 3.8) is 0 Å². The van der Waals surface area contributed by atoms with Crippen molar-refractivity contribution in [1.82, 2.24) is 24.3 Å². The smallest absolute Gasteiger partial charge is 0.259 e. The van der Waals surface area contributed by atoms with Gasteiger partial charge in [0.1, 0.15) is 5.52 Å². The van der Waals surface area contributed by atoms with Crippen LogP contribution in [0.25, 0.3) is 32.7 Å². The third-order valence-corrected chi connectivity index (χ3v) is 5.89. The van der Waals surface area contributed by atoms with Crippen LogP contribution < -0.4 is 24.5 Å². The number of aryl methyl sites for hydroxylation is 2. The average Bonchev–Trinajstić information content (AvgIpc) is 3.53. The molecule has 0 bridgehead atoms. The summed E-state index contributed by atoms with van der Waals surface area (Å²) in [4.78, 5) is 17.9. The van der Waals surface area contributed by atoms with E-state index in [9.17, 15) is 4.79 Å². The topological polar surface area (TPSA) is 103 Å². The third kappa shape index (κ3) is 2.94. The molecular weight excluding hydrogens is 426 g/mol. The van der Waals surface area contributed by atoms with Gasteiger partial charge in [0.25, 0.3) is 5.56 Å². The van der Waals surface area contributed by atoms with E-state index in [1.165, 1.54) is 7.11 Å². The van der Waals surface area contributed by atoms with Gasteiger partial charge in [0.05, 0.1) is 37.0 Å². The molecule has 1 aliphatic rings. The van der Waals surface area contributed by atoms with E-state index in [1.54, 1.807) is 42.4 Å². The van der Waals surface area contributed by atoms with Crippen molar-refractivity contribution < 1.29 is 18.9 Å². The highest BCUT2D eigenvalue weighted by atomic mass is 16.7. The zero-order valence-corrected chi connectivity index (χ0v) is 17.9. The van der Waals surface area contributed by atoms with Gasteiger partial charge >= 0.3 is 0 Å². The Balaban J connectivity index is 1.72. The third-order valence-electron chi connectivity index (χ3n) is 5.89. The van der Waals surface area contributed by atoms with E-state index in [4.69, 9.17) is 18.9 Å². The first-order valence-corrected chi connectivity index (χ1v) is 10.3. The summed E-state index contributed by atoms with van der Waals surface area (Å²) < 4.78 is 25.6. The van der Waals surface area contributed by atoms with Crippen molar-refractivity contribution in [3.8, 4) is 23.0 Å². The molecule has 0 atom stereocenters. The number of pyridine rings is 1. The van der Waals surface area contributed by atoms with E-state index < -0.39 is 0 Å². The minimum absolute atomic E-state index is 0.143. The second-order valence-electron chi connectivity index (χ2n) is 7.63. The first-order chi connectivity index (χ1) is 16.2. The fourth-order valence-corrected chi connectivity index (χ4v) is 4.28. The Morgan fingerprint density at radius 2 is 1.70 bits per heavy atom. The summed E-state index contributed by atoms with van der Waals surface area (Å²) in [5.74, 6) is 2.20. The van der Waals surface area contributed by atoms with Gasteiger partial charge < -0.3 is 28.1 Å². The first kappa shape index (κ1) is 19.4. The highest BCUT2D eigenvalue weighted by Crippen LogP contribution is 2.39. The van der Waals surface area contributed by atoms with Crippen LogP contribution in [-0.2, 0) is 13.1 Å². The highest BCUT2D eigenvalue weighted by molar-refractivity contribution is 6.13. The Morgan fingerprint density at radius 1 is 0.939 bits per heavy atom. The fourth-order valence-electron chi connectivity index (χ4n) is 4.28. The summed E-state index contributed by atoms with van der Waals surface area (Å²) in [5, 5.41) is 10.8. The Hall–Kier alpha value is -4.34. The molecule has 10 nitrogen and oxygen atoms in total. The summed E-state index contributed by atoms with van der Waals surface area (Å²) in [7, 11) is 3.10. The highest BCUT2D eigenvalue weighted by Gasteiger charge is 2.21. The molecular formula is C23H19N5O5. The first-order valence-electron chi connectivity index (χ1n) is 10.3. The van der Waals surface area contributed by atoms with Gasteiger partial charge in [-0.2, -0.15) is 0 Å². The molecule has 4 heterocycles. The van der Waals surface area contributed by atoms with Gasteiger partial charge in [-0.05, 0) is 18.2 Å². The molecule has 2 aromatic carbocycles. The predicted molar refractivity (Wildman–Crippen MR) is 120 cm³/mol. The van der Waals surface area contributed by atoms with Gasteiger partial charge in [-0.25, -0.2) is 4.98 Å². The monoisotopic (exact) mass is 445 g/mol. The van der Waals surface area contributed by atoms with Crippen LogP contribution in [0.15, 0.2) is 47.8 Å². The lowest BCUT2D eigenvalue weighted by Gasteiger charge is -2.16. The molecule has 0 saturated carbocycles. The van der Waals surface area contributed by atoms with E-state index in [0.717, 1.165) is 5.39 Å². The normalized spacial score (nSPS) is 12.7. The molecule has 1 aliphatic heterocycles. The van der Waals surface area contributed by atoms with Gasteiger partial charge in [-0.3, -0.25) is 4.79 Å². The van der Waals surface area contributed by atoms with Gasteiger partial charge in [-0.15, -0.1) is 10.2 Å². The lowest BCUT2D eigenvalue weighted by molar-refractivity contribution is 0.174. The van der Waals surface area contributed by atoms with Crippen molar-refractivity contribution in [3.05, 3.63) is 53.3 Å². The number of imidazole rings is 1. The second kappa shape index (κ2) is 7.37. The molecule has 0 amide bonds. The summed E-state index contributed by atoms with van der Waals surface area (Å²) in [6, 6.07) is 7.10. The molecule has 3 aromatic heterocycles. The Morgan fingerprint density at radius 3 is 2.42 bits per heavy atom. The van der Waals surface area contributed by atoms with Crippen molar-refractivity contribution in [2.24, 2.45) is 0 Å². The zero-order valence-electron chi connectivity index (χ0n) is 17.9. The Bertz CT molecular complexity index is 1590. The summed E-state index contributed by atoms with van der Waals surface area (Å²) in [5.41, 5.74) is 1.71. The maximum atomic E-state index is 13.8. The number of aromatic nitrogens is 5. The number of benzene rings is 2. The summed E-state index contributed by atoms with van der Waals surface area (Å²) >= 11 is 0. The van der Waals surface area contributed by atoms with Crippen LogP contribution >= 0.6 is 0 Å².